The van der Waals surface area contributed by atoms with E-state index in [0.29, 0.717) is 18.5 Å². The number of amides is 1. The van der Waals surface area contributed by atoms with Crippen molar-refractivity contribution in [3.8, 4) is 5.88 Å². The third kappa shape index (κ3) is 3.47. The van der Waals surface area contributed by atoms with E-state index in [1.165, 1.54) is 0 Å². The molecular formula is C15H13B2N3O3. The molecule has 1 aromatic heterocycles. The van der Waals surface area contributed by atoms with Crippen molar-refractivity contribution in [3.05, 3.63) is 47.2 Å². The lowest BCUT2D eigenvalue weighted by atomic mass is 10.0. The molecule has 8 heteroatoms. The lowest BCUT2D eigenvalue weighted by molar-refractivity contribution is 0.0913. The number of nitrogens with zero attached hydrogens (tertiary/aromatic N) is 3. The fourth-order valence-electron chi connectivity index (χ4n) is 2.47. The first kappa shape index (κ1) is 15.4. The highest BCUT2D eigenvalue weighted by Crippen LogP contribution is 2.24. The van der Waals surface area contributed by atoms with Crippen molar-refractivity contribution in [2.75, 3.05) is 6.54 Å². The first-order valence-electron chi connectivity index (χ1n) is 7.15. The van der Waals surface area contributed by atoms with Crippen LogP contribution in [0.15, 0.2) is 30.3 Å². The maximum atomic E-state index is 12.2. The van der Waals surface area contributed by atoms with Crippen molar-refractivity contribution in [1.29, 1.82) is 0 Å². The predicted molar refractivity (Wildman–Crippen MR) is 84.5 cm³/mol. The summed E-state index contributed by atoms with van der Waals surface area (Å²) in [5, 5.41) is 0. The Morgan fingerprint density at radius 1 is 1.26 bits per heavy atom. The molecule has 2 aromatic rings. The Kier molecular flexibility index (Phi) is 4.50. The minimum Gasteiger partial charge on any atom is -0.555 e. The predicted octanol–water partition coefficient (Wildman–Crippen LogP) is 0.428. The average molecular weight is 305 g/mol. The Bertz CT molecular complexity index is 695. The lowest BCUT2D eigenvalue weighted by Gasteiger charge is -2.28. The van der Waals surface area contributed by atoms with E-state index >= 15 is 0 Å². The summed E-state index contributed by atoms with van der Waals surface area (Å²) in [6.07, 6.45) is 0.137. The number of fused-ring (bicyclic) bond motifs is 1. The molecule has 0 spiro atoms. The number of hydrogen-bond donors (Lipinski definition) is 0. The van der Waals surface area contributed by atoms with Crippen LogP contribution >= 0.6 is 0 Å². The van der Waals surface area contributed by atoms with Crippen LogP contribution in [0.3, 0.4) is 0 Å². The van der Waals surface area contributed by atoms with Crippen LogP contribution in [0.1, 0.15) is 16.8 Å². The molecular weight excluding hydrogens is 292 g/mol. The van der Waals surface area contributed by atoms with Crippen molar-refractivity contribution in [2.45, 2.75) is 19.6 Å². The molecule has 23 heavy (non-hydrogen) atoms. The Hall–Kier alpha value is -2.50. The maximum absolute atomic E-state index is 12.2. The van der Waals surface area contributed by atoms with Gasteiger partial charge in [-0.15, -0.1) is 0 Å². The van der Waals surface area contributed by atoms with Crippen LogP contribution < -0.4 is 10.4 Å². The van der Waals surface area contributed by atoms with Crippen LogP contribution in [0, 0.1) is 0 Å². The first-order chi connectivity index (χ1) is 11.2. The second kappa shape index (κ2) is 6.73. The number of ether oxygens (including phenoxy) is 1. The van der Waals surface area contributed by atoms with Gasteiger partial charge >= 0.3 is 14.1 Å². The maximum Gasteiger partial charge on any atom is 0.410 e. The molecule has 1 amide bonds. The van der Waals surface area contributed by atoms with Gasteiger partial charge in [0.2, 0.25) is 5.88 Å². The van der Waals surface area contributed by atoms with Crippen molar-refractivity contribution >= 4 is 27.7 Å². The van der Waals surface area contributed by atoms with E-state index in [-0.39, 0.29) is 24.8 Å². The van der Waals surface area contributed by atoms with E-state index < -0.39 is 6.09 Å². The van der Waals surface area contributed by atoms with Gasteiger partial charge in [0.05, 0.1) is 23.5 Å². The molecule has 1 aliphatic heterocycles. The zero-order valence-corrected chi connectivity index (χ0v) is 12.4. The highest BCUT2D eigenvalue weighted by Gasteiger charge is 2.26. The van der Waals surface area contributed by atoms with Crippen molar-refractivity contribution in [3.63, 3.8) is 0 Å². The molecule has 0 saturated heterocycles. The third-order valence-electron chi connectivity index (χ3n) is 3.61. The van der Waals surface area contributed by atoms with Gasteiger partial charge in [-0.1, -0.05) is 30.3 Å². The van der Waals surface area contributed by atoms with Gasteiger partial charge in [-0.05, 0) is 5.56 Å². The summed E-state index contributed by atoms with van der Waals surface area (Å²) in [5.74, 6) is 0.188. The molecule has 1 aromatic carbocycles. The molecule has 4 radical (unpaired) electrons. The lowest BCUT2D eigenvalue weighted by Crippen LogP contribution is -2.38. The summed E-state index contributed by atoms with van der Waals surface area (Å²) in [7, 11) is 10.8. The largest absolute Gasteiger partial charge is 0.555 e. The number of carbonyl (C=O) groups excluding carboxylic acids is 1. The Balaban J connectivity index is 1.68. The molecule has 0 saturated carbocycles. The van der Waals surface area contributed by atoms with E-state index in [4.69, 9.17) is 25.3 Å². The molecule has 6 nitrogen and oxygen atoms in total. The number of carbonyl (C=O) groups is 1. The summed E-state index contributed by atoms with van der Waals surface area (Å²) in [5.41, 5.74) is 2.43. The second-order valence-corrected chi connectivity index (χ2v) is 5.14. The van der Waals surface area contributed by atoms with Gasteiger partial charge in [-0.25, -0.2) is 14.8 Å². The molecule has 1 aliphatic rings. The van der Waals surface area contributed by atoms with Crippen LogP contribution in [0.2, 0.25) is 0 Å². The van der Waals surface area contributed by atoms with Crippen molar-refractivity contribution in [2.24, 2.45) is 0 Å². The Morgan fingerprint density at radius 3 is 2.78 bits per heavy atom. The number of hydrogen-bond acceptors (Lipinski definition) is 5. The SMILES string of the molecule is [B]Oc1nc([B])nc2c1CN(C(=O)OCc1ccccc1)CC2. The topological polar surface area (TPSA) is 64.6 Å². The summed E-state index contributed by atoms with van der Waals surface area (Å²) in [6.45, 7) is 0.984. The third-order valence-corrected chi connectivity index (χ3v) is 3.61. The molecule has 0 fully saturated rings. The second-order valence-electron chi connectivity index (χ2n) is 5.14. The van der Waals surface area contributed by atoms with Crippen LogP contribution in [0.4, 0.5) is 4.79 Å². The number of rotatable bonds is 3. The number of benzene rings is 1. The average Bonchev–Trinajstić information content (AvgIpc) is 2.59. The van der Waals surface area contributed by atoms with Crippen molar-refractivity contribution in [1.82, 2.24) is 14.9 Å². The van der Waals surface area contributed by atoms with Gasteiger partial charge in [0.1, 0.15) is 6.61 Å². The highest BCUT2D eigenvalue weighted by molar-refractivity contribution is 6.29. The summed E-state index contributed by atoms with van der Waals surface area (Å²) >= 11 is 0. The van der Waals surface area contributed by atoms with Crippen LogP contribution in [0.5, 0.6) is 5.88 Å². The van der Waals surface area contributed by atoms with Crippen LogP contribution in [0.25, 0.3) is 0 Å². The van der Waals surface area contributed by atoms with Gasteiger partial charge < -0.3 is 14.3 Å². The number of aromatic nitrogens is 2. The van der Waals surface area contributed by atoms with Gasteiger partial charge in [-0.2, -0.15) is 0 Å². The van der Waals surface area contributed by atoms with Gasteiger partial charge in [0.15, 0.2) is 7.85 Å². The van der Waals surface area contributed by atoms with E-state index in [1.54, 1.807) is 4.90 Å². The molecule has 0 atom stereocenters. The molecule has 2 heterocycles. The zero-order valence-electron chi connectivity index (χ0n) is 12.4. The van der Waals surface area contributed by atoms with Crippen molar-refractivity contribution < 1.29 is 14.2 Å². The van der Waals surface area contributed by atoms with Gasteiger partial charge in [-0.3, -0.25) is 0 Å². The minimum absolute atomic E-state index is 0.101. The minimum atomic E-state index is -0.403. The highest BCUT2D eigenvalue weighted by atomic mass is 16.6. The molecule has 0 unspecified atom stereocenters. The molecule has 0 bridgehead atoms. The fourth-order valence-corrected chi connectivity index (χ4v) is 2.47. The van der Waals surface area contributed by atoms with Crippen LogP contribution in [-0.2, 0) is 24.3 Å². The van der Waals surface area contributed by atoms with E-state index in [1.807, 2.05) is 30.3 Å². The fraction of sp³-hybridized carbons (Fsp3) is 0.267. The molecule has 0 aliphatic carbocycles. The van der Waals surface area contributed by atoms with Crippen LogP contribution in [-0.4, -0.2) is 43.4 Å². The molecule has 112 valence electrons. The molecule has 0 N–H and O–H groups in total. The van der Waals surface area contributed by atoms with E-state index in [9.17, 15) is 4.79 Å². The Labute approximate surface area is 136 Å². The normalized spacial score (nSPS) is 13.3. The van der Waals surface area contributed by atoms with Gasteiger partial charge in [0.25, 0.3) is 0 Å². The summed E-state index contributed by atoms with van der Waals surface area (Å²) < 4.78 is 10.1. The van der Waals surface area contributed by atoms with E-state index in [0.717, 1.165) is 11.3 Å². The van der Waals surface area contributed by atoms with Gasteiger partial charge in [0, 0.05) is 13.0 Å². The zero-order chi connectivity index (χ0) is 16.2. The first-order valence-corrected chi connectivity index (χ1v) is 7.15. The molecule has 3 rings (SSSR count). The monoisotopic (exact) mass is 305 g/mol. The summed E-state index contributed by atoms with van der Waals surface area (Å²) in [4.78, 5) is 21.9. The Morgan fingerprint density at radius 2 is 2.04 bits per heavy atom. The standard InChI is InChI=1S/C15H13B2N3O3/c16-14-18-12-6-7-20(8-11(12)13(19-14)23-17)15(21)22-9-10-4-2-1-3-5-10/h1-5H,6-9H2. The summed E-state index contributed by atoms with van der Waals surface area (Å²) in [6, 6.07) is 9.50. The van der Waals surface area contributed by atoms with E-state index in [2.05, 4.69) is 9.97 Å². The quantitative estimate of drug-likeness (QED) is 0.769. The smallest absolute Gasteiger partial charge is 0.410 e.